The van der Waals surface area contributed by atoms with Crippen LogP contribution in [0.3, 0.4) is 0 Å². The molecule has 0 unspecified atom stereocenters. The van der Waals surface area contributed by atoms with Crippen LogP contribution in [0.5, 0.6) is 0 Å². The van der Waals surface area contributed by atoms with Crippen molar-refractivity contribution in [3.63, 3.8) is 0 Å². The number of carboxylic acids is 1. The number of rotatable bonds is 13. The van der Waals surface area contributed by atoms with Crippen LogP contribution in [0.25, 0.3) is 32.9 Å². The maximum absolute atomic E-state index is 12.1. The van der Waals surface area contributed by atoms with Crippen molar-refractivity contribution in [2.24, 2.45) is 0 Å². The summed E-state index contributed by atoms with van der Waals surface area (Å²) in [5, 5.41) is 36.8. The SMILES string of the molecule is CCOC(=O)CNC(=O)CSc1ncc(Br)n1-c1ccc(C#N)c2ccccc12.N#Cc1ccc(-n2c(Br)cnc2SCC(=O)NCC(=O)O)c2ccccc12.[Li+].[OH-]. The number of imidazole rings is 2. The zero-order valence-electron chi connectivity index (χ0n) is 30.8. The van der Waals surface area contributed by atoms with Gasteiger partial charge in [-0.25, -0.2) is 9.97 Å². The van der Waals surface area contributed by atoms with Crippen molar-refractivity contribution in [3.8, 4) is 23.5 Å². The van der Waals surface area contributed by atoms with Crippen LogP contribution >= 0.6 is 55.4 Å². The first-order valence-electron chi connectivity index (χ1n) is 16.5. The number of nitrogens with one attached hydrogen (secondary N) is 2. The van der Waals surface area contributed by atoms with E-state index in [2.05, 4.69) is 64.6 Å². The largest absolute Gasteiger partial charge is 1.00 e. The number of halogens is 2. The third kappa shape index (κ3) is 11.7. The minimum Gasteiger partial charge on any atom is -0.870 e. The third-order valence-corrected chi connectivity index (χ3v) is 10.8. The van der Waals surface area contributed by atoms with Gasteiger partial charge in [-0.05, 0) is 63.0 Å². The monoisotopic (exact) mass is 940 g/mol. The van der Waals surface area contributed by atoms with Gasteiger partial charge in [-0.3, -0.25) is 28.3 Å². The Morgan fingerprint density at radius 2 is 1.14 bits per heavy atom. The van der Waals surface area contributed by atoms with Gasteiger partial charge in [0, 0.05) is 21.5 Å². The number of hydrogen-bond donors (Lipinski definition) is 3. The first kappa shape index (κ1) is 47.3. The number of aromatic nitrogens is 4. The number of carbonyl (C=O) groups excluding carboxylic acids is 3. The zero-order chi connectivity index (χ0) is 40.2. The Bertz CT molecular complexity index is 2540. The Labute approximate surface area is 369 Å². The number of thioether (sulfide) groups is 2. The summed E-state index contributed by atoms with van der Waals surface area (Å²) in [6, 6.07) is 26.8. The fraction of sp³-hybridized carbons (Fsp3) is 0.158. The summed E-state index contributed by atoms with van der Waals surface area (Å²) in [6.45, 7) is 1.40. The molecule has 292 valence electrons. The topological polar surface area (TPSA) is 235 Å². The Kier molecular flexibility index (Phi) is 18.5. The molecule has 58 heavy (non-hydrogen) atoms. The number of hydrogen-bond acceptors (Lipinski definition) is 12. The summed E-state index contributed by atoms with van der Waals surface area (Å²) in [5.74, 6) is -2.13. The Morgan fingerprint density at radius 3 is 1.53 bits per heavy atom. The average molecular weight is 943 g/mol. The number of amides is 2. The van der Waals surface area contributed by atoms with Crippen molar-refractivity contribution in [2.45, 2.75) is 17.2 Å². The maximum atomic E-state index is 12.1. The van der Waals surface area contributed by atoms with Crippen LogP contribution in [-0.2, 0) is 23.9 Å². The average Bonchev–Trinajstić information content (AvgIpc) is 3.77. The Morgan fingerprint density at radius 1 is 0.724 bits per heavy atom. The summed E-state index contributed by atoms with van der Waals surface area (Å²) < 4.78 is 9.94. The van der Waals surface area contributed by atoms with Crippen LogP contribution in [0.15, 0.2) is 105 Å². The van der Waals surface area contributed by atoms with Gasteiger partial charge in [-0.2, -0.15) is 10.5 Å². The van der Waals surface area contributed by atoms with Gasteiger partial charge in [0.15, 0.2) is 10.3 Å². The van der Waals surface area contributed by atoms with Crippen molar-refractivity contribution in [2.75, 3.05) is 31.2 Å². The number of ether oxygens (including phenoxy) is 1. The molecule has 2 amide bonds. The van der Waals surface area contributed by atoms with Crippen LogP contribution in [0.2, 0.25) is 0 Å². The van der Waals surface area contributed by atoms with E-state index in [1.54, 1.807) is 31.5 Å². The number of aliphatic carboxylic acids is 1. The smallest absolute Gasteiger partial charge is 0.870 e. The molecule has 2 heterocycles. The molecule has 0 bridgehead atoms. The molecule has 2 aromatic heterocycles. The summed E-state index contributed by atoms with van der Waals surface area (Å²) in [6.07, 6.45) is 3.29. The van der Waals surface area contributed by atoms with E-state index in [1.807, 2.05) is 69.8 Å². The van der Waals surface area contributed by atoms with Gasteiger partial charge >= 0.3 is 30.8 Å². The van der Waals surface area contributed by atoms with Gasteiger partial charge in [0.1, 0.15) is 22.3 Å². The van der Waals surface area contributed by atoms with E-state index >= 15 is 0 Å². The molecule has 0 atom stereocenters. The number of nitrogens with zero attached hydrogens (tertiary/aromatic N) is 6. The second kappa shape index (κ2) is 22.7. The number of carbonyl (C=O) groups is 4. The molecule has 0 spiro atoms. The second-order valence-electron chi connectivity index (χ2n) is 11.3. The predicted molar refractivity (Wildman–Crippen MR) is 221 cm³/mol. The fourth-order valence-corrected chi connectivity index (χ4v) is 8.13. The first-order valence-corrected chi connectivity index (χ1v) is 20.1. The van der Waals surface area contributed by atoms with Crippen molar-refractivity contribution in [1.82, 2.24) is 29.7 Å². The molecule has 0 saturated heterocycles. The summed E-state index contributed by atoms with van der Waals surface area (Å²) >= 11 is 9.43. The molecule has 15 nitrogen and oxygen atoms in total. The molecule has 4 aromatic carbocycles. The maximum Gasteiger partial charge on any atom is 1.00 e. The van der Waals surface area contributed by atoms with Gasteiger partial charge in [-0.15, -0.1) is 0 Å². The number of esters is 1. The van der Waals surface area contributed by atoms with E-state index in [9.17, 15) is 29.7 Å². The molecule has 0 saturated carbocycles. The molecular formula is C38H31Br2LiN8O7S2. The second-order valence-corrected chi connectivity index (χ2v) is 14.8. The quantitative estimate of drug-likeness (QED) is 0.0859. The standard InChI is InChI=1S/C20H17BrN4O3S.C18H13BrN4O3S.Li.H2O/c1-2-28-19(27)11-23-18(26)12-29-20-24-10-17(21)25(20)16-8-7-13(9-22)14-5-3-4-6-15(14)16;19-15-8-22-18(27-10-16(24)21-9-17(25)26)23(15)14-6-5-11(7-20)12-3-1-2-4-13(12)14;;/h3-8,10H,2,11-12H2,1H3,(H,23,26);1-6,8H,9-10H2,(H,21,24)(H,25,26);;1H2/q;;+1;/p-1. The van der Waals surface area contributed by atoms with E-state index in [4.69, 9.17) is 9.84 Å². The summed E-state index contributed by atoms with van der Waals surface area (Å²) in [5.41, 5.74) is 2.83. The van der Waals surface area contributed by atoms with Gasteiger partial charge in [-0.1, -0.05) is 72.1 Å². The van der Waals surface area contributed by atoms with Gasteiger partial charge in [0.05, 0.1) is 65.1 Å². The predicted octanol–water partition coefficient (Wildman–Crippen LogP) is 3.21. The minimum atomic E-state index is -1.10. The zero-order valence-corrected chi connectivity index (χ0v) is 35.6. The van der Waals surface area contributed by atoms with Crippen LogP contribution < -0.4 is 29.5 Å². The van der Waals surface area contributed by atoms with E-state index in [-0.39, 0.29) is 54.9 Å². The third-order valence-electron chi connectivity index (χ3n) is 7.73. The van der Waals surface area contributed by atoms with E-state index in [0.717, 1.165) is 37.5 Å². The van der Waals surface area contributed by atoms with E-state index in [1.165, 1.54) is 23.5 Å². The van der Waals surface area contributed by atoms with Gasteiger partial charge < -0.3 is 26.0 Å². The van der Waals surface area contributed by atoms with Crippen LogP contribution in [-0.4, -0.2) is 84.6 Å². The number of carboxylic acid groups (broad SMARTS) is 1. The molecule has 6 aromatic rings. The number of nitriles is 2. The van der Waals surface area contributed by atoms with Crippen molar-refractivity contribution in [1.29, 1.82) is 10.5 Å². The molecule has 4 N–H and O–H groups in total. The van der Waals surface area contributed by atoms with Crippen LogP contribution in [0.4, 0.5) is 0 Å². The molecule has 6 rings (SSSR count). The van der Waals surface area contributed by atoms with Crippen molar-refractivity contribution in [3.05, 3.63) is 106 Å². The molecule has 0 radical (unpaired) electrons. The molecule has 0 aliphatic heterocycles. The molecule has 0 fully saturated rings. The fourth-order valence-electron chi connectivity index (χ4n) is 5.34. The normalized spacial score (nSPS) is 10.2. The Balaban J connectivity index is 0.000000301. The first-order chi connectivity index (χ1) is 27.1. The molecule has 20 heteroatoms. The van der Waals surface area contributed by atoms with E-state index < -0.39 is 24.4 Å². The number of fused-ring (bicyclic) bond motifs is 2. The van der Waals surface area contributed by atoms with Crippen LogP contribution in [0, 0.1) is 22.7 Å². The minimum absolute atomic E-state index is 0. The molecule has 0 aliphatic rings. The number of benzene rings is 4. The molecular weight excluding hydrogens is 911 g/mol. The van der Waals surface area contributed by atoms with Crippen molar-refractivity contribution >= 4 is 101 Å². The summed E-state index contributed by atoms with van der Waals surface area (Å²) in [4.78, 5) is 54.4. The van der Waals surface area contributed by atoms with Gasteiger partial charge in [0.2, 0.25) is 11.8 Å². The van der Waals surface area contributed by atoms with Crippen molar-refractivity contribution < 1.29 is 53.4 Å². The van der Waals surface area contributed by atoms with E-state index in [0.29, 0.717) is 26.0 Å². The summed E-state index contributed by atoms with van der Waals surface area (Å²) in [7, 11) is 0. The Hall–Kier alpha value is -5.10. The van der Waals surface area contributed by atoms with Crippen LogP contribution in [0.1, 0.15) is 18.1 Å². The van der Waals surface area contributed by atoms with Gasteiger partial charge in [0.25, 0.3) is 0 Å². The molecule has 0 aliphatic carbocycles.